The number of rotatable bonds is 2. The Morgan fingerprint density at radius 1 is 1.32 bits per heavy atom. The smallest absolute Gasteiger partial charge is 0.171 e. The lowest BCUT2D eigenvalue weighted by Crippen LogP contribution is -2.31. The third kappa shape index (κ3) is 2.66. The summed E-state index contributed by atoms with van der Waals surface area (Å²) in [5, 5.41) is 0. The zero-order valence-corrected chi connectivity index (χ0v) is 11.5. The van der Waals surface area contributed by atoms with Crippen LogP contribution in [0.4, 0.5) is 0 Å². The van der Waals surface area contributed by atoms with Crippen molar-refractivity contribution in [2.75, 3.05) is 26.2 Å². The molecule has 3 rings (SSSR count). The van der Waals surface area contributed by atoms with E-state index in [1.807, 2.05) is 25.1 Å². The molecule has 1 aromatic carbocycles. The highest BCUT2D eigenvalue weighted by atomic mass is 16.5. The molecule has 0 aromatic heterocycles. The number of aryl methyl sites for hydroxylation is 1. The summed E-state index contributed by atoms with van der Waals surface area (Å²) < 4.78 is 5.73. The summed E-state index contributed by atoms with van der Waals surface area (Å²) in [4.78, 5) is 15.1. The van der Waals surface area contributed by atoms with Crippen LogP contribution in [0, 0.1) is 12.8 Å². The molecule has 1 fully saturated rings. The Balaban J connectivity index is 1.81. The number of carbonyl (C=O) groups is 1. The lowest BCUT2D eigenvalue weighted by Gasteiger charge is -2.20. The first-order valence-electron chi connectivity index (χ1n) is 7.24. The molecule has 19 heavy (non-hydrogen) atoms. The molecule has 3 heteroatoms. The summed E-state index contributed by atoms with van der Waals surface area (Å²) in [6.45, 7) is 5.86. The Bertz CT molecular complexity index is 478. The van der Waals surface area contributed by atoms with Gasteiger partial charge in [0.1, 0.15) is 5.75 Å². The Morgan fingerprint density at radius 2 is 2.11 bits per heavy atom. The van der Waals surface area contributed by atoms with E-state index in [1.165, 1.54) is 12.8 Å². The van der Waals surface area contributed by atoms with Crippen molar-refractivity contribution in [3.8, 4) is 5.75 Å². The molecule has 0 spiro atoms. The number of ether oxygens (including phenoxy) is 1. The molecule has 1 saturated heterocycles. The van der Waals surface area contributed by atoms with E-state index in [-0.39, 0.29) is 11.7 Å². The van der Waals surface area contributed by atoms with Crippen molar-refractivity contribution in [2.45, 2.75) is 26.2 Å². The maximum Gasteiger partial charge on any atom is 0.171 e. The second-order valence-corrected chi connectivity index (χ2v) is 5.71. The molecule has 1 aromatic rings. The van der Waals surface area contributed by atoms with Crippen LogP contribution in [0.1, 0.15) is 35.2 Å². The minimum atomic E-state index is 0.0983. The Labute approximate surface area is 114 Å². The molecule has 0 aliphatic carbocycles. The van der Waals surface area contributed by atoms with Gasteiger partial charge in [0.15, 0.2) is 5.78 Å². The highest BCUT2D eigenvalue weighted by molar-refractivity contribution is 6.00. The third-order valence-electron chi connectivity index (χ3n) is 4.17. The zero-order chi connectivity index (χ0) is 13.2. The van der Waals surface area contributed by atoms with Gasteiger partial charge in [-0.15, -0.1) is 0 Å². The molecule has 102 valence electrons. The van der Waals surface area contributed by atoms with Crippen LogP contribution in [0.25, 0.3) is 0 Å². The van der Waals surface area contributed by atoms with E-state index in [1.54, 1.807) is 0 Å². The first-order chi connectivity index (χ1) is 9.24. The molecule has 2 aliphatic rings. The summed E-state index contributed by atoms with van der Waals surface area (Å²) in [6.07, 6.45) is 3.38. The van der Waals surface area contributed by atoms with E-state index >= 15 is 0 Å². The number of benzene rings is 1. The highest BCUT2D eigenvalue weighted by Gasteiger charge is 2.28. The molecule has 0 radical (unpaired) electrons. The fourth-order valence-corrected chi connectivity index (χ4v) is 3.08. The van der Waals surface area contributed by atoms with Gasteiger partial charge in [-0.05, 0) is 51.4 Å². The van der Waals surface area contributed by atoms with Crippen molar-refractivity contribution in [1.29, 1.82) is 0 Å². The van der Waals surface area contributed by atoms with E-state index in [2.05, 4.69) is 4.90 Å². The quantitative estimate of drug-likeness (QED) is 0.818. The van der Waals surface area contributed by atoms with Crippen LogP contribution in [-0.2, 0) is 0 Å². The fraction of sp³-hybridized carbons (Fsp3) is 0.562. The van der Waals surface area contributed by atoms with Crippen molar-refractivity contribution in [3.63, 3.8) is 0 Å². The predicted octanol–water partition coefficient (Wildman–Crippen LogP) is 2.67. The average Bonchev–Trinajstić information content (AvgIpc) is 2.86. The number of hydrogen-bond donors (Lipinski definition) is 0. The molecule has 3 nitrogen and oxygen atoms in total. The van der Waals surface area contributed by atoms with Crippen molar-refractivity contribution in [2.24, 2.45) is 5.92 Å². The Hall–Kier alpha value is -1.35. The summed E-state index contributed by atoms with van der Waals surface area (Å²) >= 11 is 0. The summed E-state index contributed by atoms with van der Waals surface area (Å²) in [5.41, 5.74) is 1.90. The maximum atomic E-state index is 12.7. The molecule has 0 amide bonds. The van der Waals surface area contributed by atoms with E-state index in [4.69, 9.17) is 4.74 Å². The van der Waals surface area contributed by atoms with E-state index < -0.39 is 0 Å². The number of likely N-dealkylation sites (tertiary alicyclic amines) is 1. The van der Waals surface area contributed by atoms with Crippen molar-refractivity contribution in [3.05, 3.63) is 29.3 Å². The number of hydrogen-bond acceptors (Lipinski definition) is 3. The van der Waals surface area contributed by atoms with E-state index in [0.29, 0.717) is 6.61 Å². The molecule has 2 heterocycles. The van der Waals surface area contributed by atoms with Gasteiger partial charge < -0.3 is 9.64 Å². The van der Waals surface area contributed by atoms with Gasteiger partial charge in [0.05, 0.1) is 12.2 Å². The number of carbonyl (C=O) groups excluding carboxylic acids is 1. The average molecular weight is 259 g/mol. The van der Waals surface area contributed by atoms with Gasteiger partial charge in [-0.25, -0.2) is 0 Å². The Morgan fingerprint density at radius 3 is 2.89 bits per heavy atom. The van der Waals surface area contributed by atoms with Crippen LogP contribution in [0.15, 0.2) is 18.2 Å². The predicted molar refractivity (Wildman–Crippen MR) is 74.8 cm³/mol. The van der Waals surface area contributed by atoms with Crippen LogP contribution >= 0.6 is 0 Å². The van der Waals surface area contributed by atoms with Gasteiger partial charge in [0.25, 0.3) is 0 Å². The molecule has 0 saturated carbocycles. The molecule has 1 atom stereocenters. The third-order valence-corrected chi connectivity index (χ3v) is 4.17. The van der Waals surface area contributed by atoms with Gasteiger partial charge in [0.2, 0.25) is 0 Å². The van der Waals surface area contributed by atoms with Crippen molar-refractivity contribution >= 4 is 5.78 Å². The normalized spacial score (nSPS) is 23.8. The SMILES string of the molecule is Cc1ccc2c(c1)C(=O)C(CN1CCCC1)CCO2. The second kappa shape index (κ2) is 5.33. The van der Waals surface area contributed by atoms with Gasteiger partial charge >= 0.3 is 0 Å². The van der Waals surface area contributed by atoms with Gasteiger partial charge in [-0.1, -0.05) is 11.6 Å². The van der Waals surface area contributed by atoms with Crippen LogP contribution in [0.2, 0.25) is 0 Å². The molecule has 0 bridgehead atoms. The standard InChI is InChI=1S/C16H21NO2/c1-12-4-5-15-14(10-12)16(18)13(6-9-19-15)11-17-7-2-3-8-17/h4-5,10,13H,2-3,6-9,11H2,1H3. The van der Waals surface area contributed by atoms with Gasteiger partial charge in [0, 0.05) is 12.5 Å². The molecule has 1 unspecified atom stereocenters. The summed E-state index contributed by atoms with van der Waals surface area (Å²) in [6, 6.07) is 5.91. The van der Waals surface area contributed by atoms with Crippen LogP contribution < -0.4 is 4.74 Å². The zero-order valence-electron chi connectivity index (χ0n) is 11.5. The molecular weight excluding hydrogens is 238 g/mol. The lowest BCUT2D eigenvalue weighted by molar-refractivity contribution is 0.0883. The first-order valence-corrected chi connectivity index (χ1v) is 7.24. The Kier molecular flexibility index (Phi) is 3.56. The molecular formula is C16H21NO2. The highest BCUT2D eigenvalue weighted by Crippen LogP contribution is 2.28. The number of ketones is 1. The second-order valence-electron chi connectivity index (χ2n) is 5.71. The van der Waals surface area contributed by atoms with E-state index in [9.17, 15) is 4.79 Å². The summed E-state index contributed by atoms with van der Waals surface area (Å²) in [7, 11) is 0. The lowest BCUT2D eigenvalue weighted by atomic mass is 9.94. The topological polar surface area (TPSA) is 29.5 Å². The number of fused-ring (bicyclic) bond motifs is 1. The van der Waals surface area contributed by atoms with Crippen LogP contribution in [-0.4, -0.2) is 36.9 Å². The van der Waals surface area contributed by atoms with Crippen molar-refractivity contribution in [1.82, 2.24) is 4.90 Å². The minimum absolute atomic E-state index is 0.0983. The number of Topliss-reactive ketones (excluding diaryl/α,β-unsaturated/α-hetero) is 1. The summed E-state index contributed by atoms with van der Waals surface area (Å²) in [5.74, 6) is 1.13. The maximum absolute atomic E-state index is 12.7. The first kappa shape index (κ1) is 12.7. The van der Waals surface area contributed by atoms with E-state index in [0.717, 1.165) is 42.9 Å². The van der Waals surface area contributed by atoms with Crippen LogP contribution in [0.5, 0.6) is 5.75 Å². The monoisotopic (exact) mass is 259 g/mol. The van der Waals surface area contributed by atoms with Crippen molar-refractivity contribution < 1.29 is 9.53 Å². The van der Waals surface area contributed by atoms with Crippen LogP contribution in [0.3, 0.4) is 0 Å². The van der Waals surface area contributed by atoms with Gasteiger partial charge in [-0.3, -0.25) is 4.79 Å². The molecule has 0 N–H and O–H groups in total. The minimum Gasteiger partial charge on any atom is -0.493 e. The fourth-order valence-electron chi connectivity index (χ4n) is 3.08. The van der Waals surface area contributed by atoms with Gasteiger partial charge in [-0.2, -0.15) is 0 Å². The number of nitrogens with zero attached hydrogens (tertiary/aromatic N) is 1. The molecule has 2 aliphatic heterocycles. The largest absolute Gasteiger partial charge is 0.493 e.